The van der Waals surface area contributed by atoms with Gasteiger partial charge in [-0.2, -0.15) is 0 Å². The summed E-state index contributed by atoms with van der Waals surface area (Å²) in [5.74, 6) is 1.76. The molecule has 134 valence electrons. The first kappa shape index (κ1) is 20.3. The van der Waals surface area contributed by atoms with Gasteiger partial charge in [-0.1, -0.05) is 81.1 Å². The van der Waals surface area contributed by atoms with E-state index in [-0.39, 0.29) is 10.8 Å². The highest BCUT2D eigenvalue weighted by molar-refractivity contribution is 5.28. The topological polar surface area (TPSA) is 28.7 Å². The summed E-state index contributed by atoms with van der Waals surface area (Å²) >= 11 is 0. The van der Waals surface area contributed by atoms with Gasteiger partial charge < -0.3 is 4.98 Å². The molecule has 0 aliphatic heterocycles. The van der Waals surface area contributed by atoms with Crippen molar-refractivity contribution in [3.05, 3.63) is 17.2 Å². The molecule has 2 nitrogen and oxygen atoms in total. The Hall–Kier alpha value is -0.790. The fourth-order valence-corrected chi connectivity index (χ4v) is 3.26. The van der Waals surface area contributed by atoms with Crippen LogP contribution in [0.1, 0.15) is 123 Å². The van der Waals surface area contributed by atoms with Gasteiger partial charge in [0.1, 0.15) is 5.82 Å². The average Bonchev–Trinajstić information content (AvgIpc) is 2.94. The number of H-pyrrole nitrogens is 1. The lowest BCUT2D eigenvalue weighted by Crippen LogP contribution is -2.21. The molecule has 1 atom stereocenters. The smallest absolute Gasteiger partial charge is 0.112 e. The Morgan fingerprint density at radius 3 is 2.13 bits per heavy atom. The third-order valence-electron chi connectivity index (χ3n) is 5.52. The maximum Gasteiger partial charge on any atom is 0.112 e. The standard InChI is InChI=1S/C21H40N2/c1-9-12-13-15-21(7,8)19-22-17(16(4)14-10-2)18(23-19)20(5,6)11-3/h16H,9-15H2,1-8H3,(H,22,23). The number of aromatic nitrogens is 2. The fourth-order valence-electron chi connectivity index (χ4n) is 3.26. The number of aromatic amines is 1. The molecule has 0 radical (unpaired) electrons. The molecule has 2 heteroatoms. The molecule has 1 aromatic heterocycles. The van der Waals surface area contributed by atoms with Crippen LogP contribution in [0.25, 0.3) is 0 Å². The number of nitrogens with zero attached hydrogens (tertiary/aromatic N) is 1. The molecule has 1 heterocycles. The summed E-state index contributed by atoms with van der Waals surface area (Å²) in [5.41, 5.74) is 2.97. The lowest BCUT2D eigenvalue weighted by Gasteiger charge is -2.24. The van der Waals surface area contributed by atoms with Crippen LogP contribution in [0, 0.1) is 0 Å². The molecule has 0 saturated heterocycles. The Labute approximate surface area is 144 Å². The highest BCUT2D eigenvalue weighted by Crippen LogP contribution is 2.37. The zero-order valence-corrected chi connectivity index (χ0v) is 17.0. The Kier molecular flexibility index (Phi) is 7.35. The first-order valence-electron chi connectivity index (χ1n) is 9.80. The first-order chi connectivity index (χ1) is 10.7. The van der Waals surface area contributed by atoms with Gasteiger partial charge in [0, 0.05) is 16.5 Å². The van der Waals surface area contributed by atoms with E-state index in [9.17, 15) is 0 Å². The second kappa shape index (κ2) is 8.35. The van der Waals surface area contributed by atoms with Crippen LogP contribution < -0.4 is 0 Å². The molecule has 1 N–H and O–H groups in total. The summed E-state index contributed by atoms with van der Waals surface area (Å²) in [6.45, 7) is 18.5. The molecular weight excluding hydrogens is 280 g/mol. The molecule has 0 aromatic carbocycles. The van der Waals surface area contributed by atoms with E-state index in [4.69, 9.17) is 4.98 Å². The summed E-state index contributed by atoms with van der Waals surface area (Å²) in [6, 6.07) is 0. The molecule has 0 aliphatic rings. The van der Waals surface area contributed by atoms with Crippen molar-refractivity contribution < 1.29 is 0 Å². The molecule has 0 aliphatic carbocycles. The van der Waals surface area contributed by atoms with Crippen molar-refractivity contribution in [3.63, 3.8) is 0 Å². The van der Waals surface area contributed by atoms with E-state index >= 15 is 0 Å². The van der Waals surface area contributed by atoms with Crippen LogP contribution >= 0.6 is 0 Å². The van der Waals surface area contributed by atoms with Crippen LogP contribution in [-0.2, 0) is 10.8 Å². The molecule has 23 heavy (non-hydrogen) atoms. The summed E-state index contributed by atoms with van der Waals surface area (Å²) in [7, 11) is 0. The molecule has 0 saturated carbocycles. The van der Waals surface area contributed by atoms with E-state index in [2.05, 4.69) is 60.4 Å². The molecule has 1 unspecified atom stereocenters. The summed E-state index contributed by atoms with van der Waals surface area (Å²) < 4.78 is 0. The van der Waals surface area contributed by atoms with Gasteiger partial charge in [-0.15, -0.1) is 0 Å². The quantitative estimate of drug-likeness (QED) is 0.469. The number of hydrogen-bond donors (Lipinski definition) is 1. The maximum absolute atomic E-state index is 5.15. The second-order valence-corrected chi connectivity index (χ2v) is 8.62. The maximum atomic E-state index is 5.15. The van der Waals surface area contributed by atoms with Gasteiger partial charge in [0.15, 0.2) is 0 Å². The lowest BCUT2D eigenvalue weighted by atomic mass is 9.82. The molecule has 0 bridgehead atoms. The van der Waals surface area contributed by atoms with Crippen molar-refractivity contribution in [2.45, 2.75) is 117 Å². The van der Waals surface area contributed by atoms with Gasteiger partial charge in [-0.25, -0.2) is 4.98 Å². The van der Waals surface area contributed by atoms with Crippen LogP contribution in [0.4, 0.5) is 0 Å². The van der Waals surface area contributed by atoms with Crippen LogP contribution in [0.5, 0.6) is 0 Å². The lowest BCUT2D eigenvalue weighted by molar-refractivity contribution is 0.424. The van der Waals surface area contributed by atoms with Crippen molar-refractivity contribution in [3.8, 4) is 0 Å². The van der Waals surface area contributed by atoms with Gasteiger partial charge in [-0.05, 0) is 25.2 Å². The van der Waals surface area contributed by atoms with Gasteiger partial charge >= 0.3 is 0 Å². The van der Waals surface area contributed by atoms with Gasteiger partial charge in [-0.3, -0.25) is 0 Å². The summed E-state index contributed by atoms with van der Waals surface area (Å²) in [4.78, 5) is 8.91. The van der Waals surface area contributed by atoms with Crippen LogP contribution in [0.2, 0.25) is 0 Å². The zero-order chi connectivity index (χ0) is 17.7. The van der Waals surface area contributed by atoms with Crippen molar-refractivity contribution in [2.75, 3.05) is 0 Å². The minimum atomic E-state index is 0.137. The number of rotatable bonds is 10. The van der Waals surface area contributed by atoms with Crippen LogP contribution in [0.15, 0.2) is 0 Å². The van der Waals surface area contributed by atoms with Crippen molar-refractivity contribution >= 4 is 0 Å². The SMILES string of the molecule is CCCCCC(C)(C)c1nc(C(C)(C)CC)c(C(C)CCC)[nH]1. The van der Waals surface area contributed by atoms with Gasteiger partial charge in [0.2, 0.25) is 0 Å². The van der Waals surface area contributed by atoms with Gasteiger partial charge in [0.05, 0.1) is 5.69 Å². The minimum absolute atomic E-state index is 0.137. The predicted molar refractivity (Wildman–Crippen MR) is 102 cm³/mol. The highest BCUT2D eigenvalue weighted by Gasteiger charge is 2.32. The Balaban J connectivity index is 3.18. The second-order valence-electron chi connectivity index (χ2n) is 8.62. The van der Waals surface area contributed by atoms with E-state index in [1.54, 1.807) is 0 Å². The molecule has 1 aromatic rings. The van der Waals surface area contributed by atoms with Crippen LogP contribution in [0.3, 0.4) is 0 Å². The molecular formula is C21H40N2. The van der Waals surface area contributed by atoms with E-state index in [1.807, 2.05) is 0 Å². The largest absolute Gasteiger partial charge is 0.345 e. The van der Waals surface area contributed by atoms with E-state index < -0.39 is 0 Å². The Morgan fingerprint density at radius 2 is 1.61 bits per heavy atom. The fraction of sp³-hybridized carbons (Fsp3) is 0.857. The van der Waals surface area contributed by atoms with Crippen molar-refractivity contribution in [1.29, 1.82) is 0 Å². The summed E-state index contributed by atoms with van der Waals surface area (Å²) in [6.07, 6.45) is 8.67. The van der Waals surface area contributed by atoms with Crippen molar-refractivity contribution in [2.24, 2.45) is 0 Å². The Morgan fingerprint density at radius 1 is 0.957 bits per heavy atom. The van der Waals surface area contributed by atoms with Crippen LogP contribution in [-0.4, -0.2) is 9.97 Å². The third-order valence-corrected chi connectivity index (χ3v) is 5.52. The predicted octanol–water partition coefficient (Wildman–Crippen LogP) is 6.86. The zero-order valence-electron chi connectivity index (χ0n) is 17.0. The van der Waals surface area contributed by atoms with E-state index in [0.717, 1.165) is 6.42 Å². The third kappa shape index (κ3) is 5.09. The number of unbranched alkanes of at least 4 members (excludes halogenated alkanes) is 2. The monoisotopic (exact) mass is 320 g/mol. The highest BCUT2D eigenvalue weighted by atomic mass is 15.0. The number of hydrogen-bond acceptors (Lipinski definition) is 1. The molecule has 0 fully saturated rings. The average molecular weight is 321 g/mol. The number of nitrogens with one attached hydrogen (secondary N) is 1. The molecule has 1 rings (SSSR count). The van der Waals surface area contributed by atoms with Crippen molar-refractivity contribution in [1.82, 2.24) is 9.97 Å². The normalized spacial score (nSPS) is 14.3. The minimum Gasteiger partial charge on any atom is -0.345 e. The molecule has 0 spiro atoms. The first-order valence-corrected chi connectivity index (χ1v) is 9.80. The Bertz CT molecular complexity index is 468. The van der Waals surface area contributed by atoms with E-state index in [1.165, 1.54) is 55.7 Å². The number of imidazole rings is 1. The van der Waals surface area contributed by atoms with E-state index in [0.29, 0.717) is 5.92 Å². The summed E-state index contributed by atoms with van der Waals surface area (Å²) in [5, 5.41) is 0. The van der Waals surface area contributed by atoms with Gasteiger partial charge in [0.25, 0.3) is 0 Å². The molecule has 0 amide bonds.